The molecule has 4 rings (SSSR count). The van der Waals surface area contributed by atoms with Crippen LogP contribution in [-0.2, 0) is 10.3 Å². The van der Waals surface area contributed by atoms with Crippen molar-refractivity contribution in [3.63, 3.8) is 0 Å². The van der Waals surface area contributed by atoms with Gasteiger partial charge in [0.25, 0.3) is 0 Å². The number of fused-ring (bicyclic) bond motifs is 3. The molecule has 2 aromatic carbocycles. The second kappa shape index (κ2) is 5.97. The zero-order valence-corrected chi connectivity index (χ0v) is 14.4. The molecule has 3 nitrogen and oxygen atoms in total. The largest absolute Gasteiger partial charge is 0.369 e. The molecule has 2 unspecified atom stereocenters. The van der Waals surface area contributed by atoms with Crippen molar-refractivity contribution in [2.24, 2.45) is 5.16 Å². The zero-order valence-electron chi connectivity index (χ0n) is 14.4. The zero-order chi connectivity index (χ0) is 16.6. The number of anilines is 1. The SMILES string of the molecule is CCCCN1c2ccccc2C2(C)CC(c3ccccc3)=NOC12. The number of benzene rings is 2. The maximum Gasteiger partial charge on any atom is 0.210 e. The van der Waals surface area contributed by atoms with Gasteiger partial charge >= 0.3 is 0 Å². The van der Waals surface area contributed by atoms with Gasteiger partial charge in [0.15, 0.2) is 0 Å². The van der Waals surface area contributed by atoms with Gasteiger partial charge in [-0.15, -0.1) is 0 Å². The Balaban J connectivity index is 1.73. The van der Waals surface area contributed by atoms with Gasteiger partial charge in [-0.3, -0.25) is 0 Å². The van der Waals surface area contributed by atoms with Gasteiger partial charge in [-0.1, -0.05) is 67.0 Å². The normalized spacial score (nSPS) is 24.8. The number of para-hydroxylation sites is 1. The lowest BCUT2D eigenvalue weighted by Gasteiger charge is -2.38. The molecule has 0 saturated heterocycles. The molecule has 3 heteroatoms. The molecule has 0 aliphatic carbocycles. The topological polar surface area (TPSA) is 24.8 Å². The maximum atomic E-state index is 6.08. The van der Waals surface area contributed by atoms with Crippen LogP contribution in [0.3, 0.4) is 0 Å². The van der Waals surface area contributed by atoms with Crippen LogP contribution >= 0.6 is 0 Å². The number of rotatable bonds is 4. The van der Waals surface area contributed by atoms with E-state index in [-0.39, 0.29) is 11.6 Å². The summed E-state index contributed by atoms with van der Waals surface area (Å²) in [4.78, 5) is 8.48. The first-order valence-corrected chi connectivity index (χ1v) is 8.88. The Morgan fingerprint density at radius 1 is 1.12 bits per heavy atom. The van der Waals surface area contributed by atoms with Gasteiger partial charge in [-0.25, -0.2) is 0 Å². The van der Waals surface area contributed by atoms with Crippen LogP contribution < -0.4 is 4.90 Å². The minimum atomic E-state index is -0.0583. The van der Waals surface area contributed by atoms with E-state index in [1.54, 1.807) is 0 Å². The summed E-state index contributed by atoms with van der Waals surface area (Å²) in [6, 6.07) is 19.1. The van der Waals surface area contributed by atoms with E-state index in [1.165, 1.54) is 24.1 Å². The van der Waals surface area contributed by atoms with E-state index in [1.807, 2.05) is 6.07 Å². The summed E-state index contributed by atoms with van der Waals surface area (Å²) in [5, 5.41) is 4.50. The van der Waals surface area contributed by atoms with Crippen LogP contribution in [-0.4, -0.2) is 18.5 Å². The van der Waals surface area contributed by atoms with Gasteiger partial charge < -0.3 is 9.74 Å². The summed E-state index contributed by atoms with van der Waals surface area (Å²) in [6.45, 7) is 5.57. The fraction of sp³-hybridized carbons (Fsp3) is 0.381. The first-order valence-electron chi connectivity index (χ1n) is 8.88. The molecule has 124 valence electrons. The van der Waals surface area contributed by atoms with Crippen LogP contribution in [0, 0.1) is 0 Å². The average molecular weight is 320 g/mol. The first-order chi connectivity index (χ1) is 11.7. The second-order valence-electron chi connectivity index (χ2n) is 7.02. The minimum Gasteiger partial charge on any atom is -0.369 e. The van der Waals surface area contributed by atoms with Crippen LogP contribution in [0.5, 0.6) is 0 Å². The molecule has 0 fully saturated rings. The van der Waals surface area contributed by atoms with Crippen LogP contribution in [0.1, 0.15) is 44.2 Å². The quantitative estimate of drug-likeness (QED) is 0.814. The van der Waals surface area contributed by atoms with Crippen LogP contribution in [0.25, 0.3) is 0 Å². The van der Waals surface area contributed by atoms with Crippen molar-refractivity contribution < 1.29 is 4.84 Å². The Morgan fingerprint density at radius 3 is 2.67 bits per heavy atom. The molecule has 2 atom stereocenters. The van der Waals surface area contributed by atoms with E-state index in [0.717, 1.165) is 24.2 Å². The Kier molecular flexibility index (Phi) is 3.79. The van der Waals surface area contributed by atoms with Crippen molar-refractivity contribution >= 4 is 11.4 Å². The van der Waals surface area contributed by atoms with Crippen LogP contribution in [0.2, 0.25) is 0 Å². The number of oxime groups is 1. The predicted molar refractivity (Wildman–Crippen MR) is 98.5 cm³/mol. The highest BCUT2D eigenvalue weighted by molar-refractivity contribution is 6.01. The molecule has 0 amide bonds. The Bertz CT molecular complexity index is 755. The molecule has 0 spiro atoms. The lowest BCUT2D eigenvalue weighted by molar-refractivity contribution is 0.000742. The van der Waals surface area contributed by atoms with Crippen molar-refractivity contribution in [3.8, 4) is 0 Å². The molecule has 0 radical (unpaired) electrons. The molecule has 0 aromatic heterocycles. The van der Waals surface area contributed by atoms with Crippen molar-refractivity contribution in [1.29, 1.82) is 0 Å². The standard InChI is InChI=1S/C21H24N2O/c1-3-4-14-23-19-13-9-8-12-17(19)21(2)15-18(22-24-20(21)23)16-10-6-5-7-11-16/h5-13,20H,3-4,14-15H2,1-2H3. The third-order valence-corrected chi connectivity index (χ3v) is 5.31. The molecule has 2 aliphatic rings. The first kappa shape index (κ1) is 15.3. The second-order valence-corrected chi connectivity index (χ2v) is 7.02. The van der Waals surface area contributed by atoms with Gasteiger partial charge in [0.2, 0.25) is 6.23 Å². The molecule has 0 N–H and O–H groups in total. The summed E-state index contributed by atoms with van der Waals surface area (Å²) in [7, 11) is 0. The van der Waals surface area contributed by atoms with Crippen molar-refractivity contribution in [1.82, 2.24) is 0 Å². The Hall–Kier alpha value is -2.29. The van der Waals surface area contributed by atoms with Crippen molar-refractivity contribution in [3.05, 3.63) is 65.7 Å². The highest BCUT2D eigenvalue weighted by atomic mass is 16.7. The van der Waals surface area contributed by atoms with E-state index < -0.39 is 0 Å². The highest BCUT2D eigenvalue weighted by Gasteiger charge is 2.52. The summed E-state index contributed by atoms with van der Waals surface area (Å²) in [6.07, 6.45) is 3.25. The number of nitrogens with zero attached hydrogens (tertiary/aromatic N) is 2. The van der Waals surface area contributed by atoms with E-state index in [9.17, 15) is 0 Å². The molecular formula is C21H24N2O. The van der Waals surface area contributed by atoms with Gasteiger partial charge in [0.05, 0.1) is 11.1 Å². The van der Waals surface area contributed by atoms with Crippen LogP contribution in [0.4, 0.5) is 5.69 Å². The van der Waals surface area contributed by atoms with Gasteiger partial charge in [-0.05, 0) is 30.5 Å². The average Bonchev–Trinajstić information content (AvgIpc) is 2.88. The predicted octanol–water partition coefficient (Wildman–Crippen LogP) is 4.72. The van der Waals surface area contributed by atoms with Crippen LogP contribution in [0.15, 0.2) is 59.8 Å². The van der Waals surface area contributed by atoms with E-state index >= 15 is 0 Å². The molecular weight excluding hydrogens is 296 g/mol. The third kappa shape index (κ3) is 2.31. The van der Waals surface area contributed by atoms with Crippen molar-refractivity contribution in [2.75, 3.05) is 11.4 Å². The molecule has 2 heterocycles. The van der Waals surface area contributed by atoms with E-state index in [0.29, 0.717) is 0 Å². The number of hydrogen-bond donors (Lipinski definition) is 0. The summed E-state index contributed by atoms with van der Waals surface area (Å²) >= 11 is 0. The molecule has 2 aromatic rings. The highest BCUT2D eigenvalue weighted by Crippen LogP contribution is 2.50. The summed E-state index contributed by atoms with van der Waals surface area (Å²) < 4.78 is 0. The third-order valence-electron chi connectivity index (χ3n) is 5.31. The fourth-order valence-electron chi connectivity index (χ4n) is 4.01. The molecule has 24 heavy (non-hydrogen) atoms. The Morgan fingerprint density at radius 2 is 1.88 bits per heavy atom. The molecule has 2 aliphatic heterocycles. The maximum absolute atomic E-state index is 6.08. The van der Waals surface area contributed by atoms with Gasteiger partial charge in [0, 0.05) is 18.7 Å². The molecule has 0 bridgehead atoms. The van der Waals surface area contributed by atoms with E-state index in [2.05, 4.69) is 72.4 Å². The Labute approximate surface area is 143 Å². The number of hydrogen-bond acceptors (Lipinski definition) is 3. The minimum absolute atomic E-state index is 0.00564. The fourth-order valence-corrected chi connectivity index (χ4v) is 4.01. The van der Waals surface area contributed by atoms with Crippen molar-refractivity contribution in [2.45, 2.75) is 44.8 Å². The summed E-state index contributed by atoms with van der Waals surface area (Å²) in [5.74, 6) is 0. The van der Waals surface area contributed by atoms with Gasteiger partial charge in [0.1, 0.15) is 0 Å². The lowest BCUT2D eigenvalue weighted by Crippen LogP contribution is -2.48. The summed E-state index contributed by atoms with van der Waals surface area (Å²) in [5.41, 5.74) is 4.83. The van der Waals surface area contributed by atoms with E-state index in [4.69, 9.17) is 4.84 Å². The van der Waals surface area contributed by atoms with Gasteiger partial charge in [-0.2, -0.15) is 0 Å². The lowest BCUT2D eigenvalue weighted by atomic mass is 9.77. The smallest absolute Gasteiger partial charge is 0.210 e. The monoisotopic (exact) mass is 320 g/mol. The molecule has 0 saturated carbocycles. The number of unbranched alkanes of at least 4 members (excludes halogenated alkanes) is 1.